The van der Waals surface area contributed by atoms with Gasteiger partial charge in [-0.1, -0.05) is 19.0 Å². The number of aliphatic hydroxyl groups is 1. The van der Waals surface area contributed by atoms with Gasteiger partial charge in [0.1, 0.15) is 11.4 Å². The molecule has 0 radical (unpaired) electrons. The third-order valence-corrected chi connectivity index (χ3v) is 2.44. The zero-order chi connectivity index (χ0) is 13.0. The van der Waals surface area contributed by atoms with Gasteiger partial charge in [0.05, 0.1) is 13.2 Å². The maximum Gasteiger partial charge on any atom is 0.167 e. The number of hydrogen-bond donors (Lipinski definition) is 1. The summed E-state index contributed by atoms with van der Waals surface area (Å²) >= 11 is 0. The third-order valence-electron chi connectivity index (χ3n) is 2.44. The Balaban J connectivity index is 2.07. The fourth-order valence-electron chi connectivity index (χ4n) is 1.50. The molecule has 2 aromatic rings. The van der Waals surface area contributed by atoms with E-state index in [1.807, 2.05) is 24.3 Å². The number of ether oxygens (including phenoxy) is 1. The van der Waals surface area contributed by atoms with Crippen LogP contribution in [0.1, 0.15) is 19.5 Å². The van der Waals surface area contributed by atoms with Gasteiger partial charge < -0.3 is 14.4 Å². The normalized spacial score (nSPS) is 10.9. The van der Waals surface area contributed by atoms with E-state index in [0.29, 0.717) is 24.0 Å². The van der Waals surface area contributed by atoms with Crippen LogP contribution >= 0.6 is 0 Å². The van der Waals surface area contributed by atoms with Crippen LogP contribution in [0.4, 0.5) is 0 Å². The van der Waals surface area contributed by atoms with Crippen molar-refractivity contribution in [1.82, 2.24) is 5.16 Å². The van der Waals surface area contributed by atoms with Crippen molar-refractivity contribution in [2.45, 2.75) is 20.5 Å². The van der Waals surface area contributed by atoms with Crippen molar-refractivity contribution in [3.8, 4) is 17.1 Å². The van der Waals surface area contributed by atoms with Gasteiger partial charge in [-0.2, -0.15) is 0 Å². The van der Waals surface area contributed by atoms with Crippen molar-refractivity contribution in [3.63, 3.8) is 0 Å². The molecule has 0 saturated heterocycles. The molecule has 96 valence electrons. The molecule has 2 rings (SSSR count). The Morgan fingerprint density at radius 3 is 2.56 bits per heavy atom. The number of rotatable bonds is 5. The van der Waals surface area contributed by atoms with E-state index in [1.54, 1.807) is 6.07 Å². The molecule has 0 aliphatic rings. The minimum Gasteiger partial charge on any atom is -0.493 e. The van der Waals surface area contributed by atoms with Crippen LogP contribution in [0.2, 0.25) is 0 Å². The van der Waals surface area contributed by atoms with Gasteiger partial charge in [0.15, 0.2) is 5.76 Å². The second-order valence-corrected chi connectivity index (χ2v) is 4.57. The molecule has 1 aromatic carbocycles. The van der Waals surface area contributed by atoms with E-state index in [1.165, 1.54) is 0 Å². The van der Waals surface area contributed by atoms with Crippen LogP contribution in [0, 0.1) is 5.92 Å². The Labute approximate surface area is 106 Å². The summed E-state index contributed by atoms with van der Waals surface area (Å²) in [5, 5.41) is 12.7. The summed E-state index contributed by atoms with van der Waals surface area (Å²) in [4.78, 5) is 0. The van der Waals surface area contributed by atoms with Crippen molar-refractivity contribution in [3.05, 3.63) is 36.0 Å². The molecule has 0 fully saturated rings. The smallest absolute Gasteiger partial charge is 0.167 e. The molecule has 0 aliphatic heterocycles. The molecule has 0 unspecified atom stereocenters. The first-order valence-electron chi connectivity index (χ1n) is 5.98. The zero-order valence-corrected chi connectivity index (χ0v) is 10.6. The second-order valence-electron chi connectivity index (χ2n) is 4.57. The molecule has 4 nitrogen and oxygen atoms in total. The topological polar surface area (TPSA) is 55.5 Å². The summed E-state index contributed by atoms with van der Waals surface area (Å²) in [5.41, 5.74) is 1.45. The summed E-state index contributed by atoms with van der Waals surface area (Å²) in [6.45, 7) is 4.81. The van der Waals surface area contributed by atoms with Crippen molar-refractivity contribution in [2.24, 2.45) is 5.92 Å². The Kier molecular flexibility index (Phi) is 3.99. The summed E-state index contributed by atoms with van der Waals surface area (Å²) in [6, 6.07) is 9.36. The van der Waals surface area contributed by atoms with E-state index in [-0.39, 0.29) is 6.61 Å². The first kappa shape index (κ1) is 12.6. The molecule has 0 bridgehead atoms. The average molecular weight is 247 g/mol. The lowest BCUT2D eigenvalue weighted by molar-refractivity contribution is 0.267. The van der Waals surface area contributed by atoms with Crippen LogP contribution in [-0.4, -0.2) is 16.9 Å². The fraction of sp³-hybridized carbons (Fsp3) is 0.357. The van der Waals surface area contributed by atoms with Gasteiger partial charge in [-0.15, -0.1) is 0 Å². The number of aliphatic hydroxyl groups excluding tert-OH is 1. The summed E-state index contributed by atoms with van der Waals surface area (Å²) < 4.78 is 10.7. The van der Waals surface area contributed by atoms with Crippen LogP contribution in [-0.2, 0) is 6.61 Å². The van der Waals surface area contributed by atoms with E-state index in [0.717, 1.165) is 11.3 Å². The van der Waals surface area contributed by atoms with E-state index < -0.39 is 0 Å². The van der Waals surface area contributed by atoms with Crippen LogP contribution in [0.5, 0.6) is 5.75 Å². The first-order valence-corrected chi connectivity index (χ1v) is 5.98. The molecule has 0 aliphatic carbocycles. The van der Waals surface area contributed by atoms with Gasteiger partial charge in [-0.3, -0.25) is 0 Å². The van der Waals surface area contributed by atoms with Gasteiger partial charge in [-0.25, -0.2) is 0 Å². The van der Waals surface area contributed by atoms with Gasteiger partial charge >= 0.3 is 0 Å². The van der Waals surface area contributed by atoms with Crippen molar-refractivity contribution < 1.29 is 14.4 Å². The third kappa shape index (κ3) is 3.11. The molecule has 1 aromatic heterocycles. The number of nitrogens with zero attached hydrogens (tertiary/aromatic N) is 1. The Bertz CT molecular complexity index is 488. The average Bonchev–Trinajstić information content (AvgIpc) is 2.85. The van der Waals surface area contributed by atoms with Crippen molar-refractivity contribution in [2.75, 3.05) is 6.61 Å². The number of hydrogen-bond acceptors (Lipinski definition) is 4. The lowest BCUT2D eigenvalue weighted by Gasteiger charge is -2.08. The lowest BCUT2D eigenvalue weighted by Crippen LogP contribution is -2.04. The first-order chi connectivity index (χ1) is 8.69. The van der Waals surface area contributed by atoms with Crippen molar-refractivity contribution in [1.29, 1.82) is 0 Å². The molecular weight excluding hydrogens is 230 g/mol. The predicted molar refractivity (Wildman–Crippen MR) is 68.2 cm³/mol. The maximum absolute atomic E-state index is 8.92. The van der Waals surface area contributed by atoms with Crippen LogP contribution in [0.3, 0.4) is 0 Å². The zero-order valence-electron chi connectivity index (χ0n) is 10.6. The summed E-state index contributed by atoms with van der Waals surface area (Å²) in [5.74, 6) is 2.00. The predicted octanol–water partition coefficient (Wildman–Crippen LogP) is 2.87. The van der Waals surface area contributed by atoms with E-state index in [2.05, 4.69) is 19.0 Å². The molecule has 18 heavy (non-hydrogen) atoms. The molecule has 4 heteroatoms. The highest BCUT2D eigenvalue weighted by Crippen LogP contribution is 2.23. The SMILES string of the molecule is CC(C)COc1ccc(-c2cc(CO)no2)cc1. The van der Waals surface area contributed by atoms with E-state index >= 15 is 0 Å². The summed E-state index contributed by atoms with van der Waals surface area (Å²) in [7, 11) is 0. The molecule has 1 heterocycles. The minimum absolute atomic E-state index is 0.112. The Morgan fingerprint density at radius 1 is 1.28 bits per heavy atom. The highest BCUT2D eigenvalue weighted by atomic mass is 16.5. The molecule has 0 amide bonds. The molecular formula is C14H17NO3. The molecule has 0 saturated carbocycles. The largest absolute Gasteiger partial charge is 0.493 e. The molecule has 1 N–H and O–H groups in total. The summed E-state index contributed by atoms with van der Waals surface area (Å²) in [6.07, 6.45) is 0. The highest BCUT2D eigenvalue weighted by molar-refractivity contribution is 5.58. The van der Waals surface area contributed by atoms with Crippen LogP contribution in [0.15, 0.2) is 34.9 Å². The van der Waals surface area contributed by atoms with E-state index in [4.69, 9.17) is 14.4 Å². The standard InChI is InChI=1S/C14H17NO3/c1-10(2)9-17-13-5-3-11(4-6-13)14-7-12(8-16)15-18-14/h3-7,10,16H,8-9H2,1-2H3. The number of benzene rings is 1. The highest BCUT2D eigenvalue weighted by Gasteiger charge is 2.06. The Morgan fingerprint density at radius 2 is 2.00 bits per heavy atom. The lowest BCUT2D eigenvalue weighted by atomic mass is 10.1. The van der Waals surface area contributed by atoms with Crippen LogP contribution < -0.4 is 4.74 Å². The minimum atomic E-state index is -0.112. The van der Waals surface area contributed by atoms with Gasteiger partial charge in [0.25, 0.3) is 0 Å². The van der Waals surface area contributed by atoms with E-state index in [9.17, 15) is 0 Å². The fourth-order valence-corrected chi connectivity index (χ4v) is 1.50. The van der Waals surface area contributed by atoms with Crippen LogP contribution in [0.25, 0.3) is 11.3 Å². The second kappa shape index (κ2) is 5.69. The maximum atomic E-state index is 8.92. The quantitative estimate of drug-likeness (QED) is 0.882. The Hall–Kier alpha value is -1.81. The van der Waals surface area contributed by atoms with Gasteiger partial charge in [0.2, 0.25) is 0 Å². The van der Waals surface area contributed by atoms with Gasteiger partial charge in [0, 0.05) is 11.6 Å². The van der Waals surface area contributed by atoms with Gasteiger partial charge in [-0.05, 0) is 30.2 Å². The van der Waals surface area contributed by atoms with Crippen molar-refractivity contribution >= 4 is 0 Å². The molecule has 0 atom stereocenters. The number of aromatic nitrogens is 1. The monoisotopic (exact) mass is 247 g/mol. The molecule has 0 spiro atoms.